The van der Waals surface area contributed by atoms with Crippen LogP contribution in [0.15, 0.2) is 42.6 Å². The van der Waals surface area contributed by atoms with E-state index in [-0.39, 0.29) is 5.91 Å². The molecule has 28 heavy (non-hydrogen) atoms. The third-order valence-corrected chi connectivity index (χ3v) is 5.40. The van der Waals surface area contributed by atoms with E-state index in [2.05, 4.69) is 39.3 Å². The van der Waals surface area contributed by atoms with Crippen molar-refractivity contribution in [3.05, 3.63) is 59.5 Å². The minimum absolute atomic E-state index is 0.124. The van der Waals surface area contributed by atoms with E-state index in [4.69, 9.17) is 0 Å². The number of fused-ring (bicyclic) bond motifs is 1. The lowest BCUT2D eigenvalue weighted by molar-refractivity contribution is 0.102. The monoisotopic (exact) mass is 377 g/mol. The summed E-state index contributed by atoms with van der Waals surface area (Å²) >= 11 is 0. The molecule has 6 nitrogen and oxygen atoms in total. The van der Waals surface area contributed by atoms with Crippen molar-refractivity contribution in [2.75, 3.05) is 43.4 Å². The van der Waals surface area contributed by atoms with Crippen molar-refractivity contribution in [3.8, 4) is 0 Å². The molecule has 6 heteroatoms. The number of aryl methyl sites for hydroxylation is 2. The molecule has 0 aliphatic carbocycles. The molecule has 0 unspecified atom stereocenters. The van der Waals surface area contributed by atoms with Gasteiger partial charge in [-0.05, 0) is 62.4 Å². The summed E-state index contributed by atoms with van der Waals surface area (Å²) in [7, 11) is 2.15. The Balaban J connectivity index is 1.53. The van der Waals surface area contributed by atoms with Crippen molar-refractivity contribution in [1.82, 2.24) is 14.3 Å². The molecule has 1 N–H and O–H groups in total. The number of aromatic nitrogens is 2. The largest absolute Gasteiger partial charge is 0.369 e. The second-order valence-corrected chi connectivity index (χ2v) is 7.48. The predicted octanol–water partition coefficient (Wildman–Crippen LogP) is 3.21. The van der Waals surface area contributed by atoms with Crippen LogP contribution in [-0.4, -0.2) is 53.4 Å². The van der Waals surface area contributed by atoms with E-state index in [0.29, 0.717) is 12.1 Å². The lowest BCUT2D eigenvalue weighted by Crippen LogP contribution is -2.44. The van der Waals surface area contributed by atoms with Crippen LogP contribution >= 0.6 is 0 Å². The van der Waals surface area contributed by atoms with Gasteiger partial charge in [-0.2, -0.15) is 0 Å². The first kappa shape index (κ1) is 18.5. The Kier molecular flexibility index (Phi) is 5.05. The van der Waals surface area contributed by atoms with Gasteiger partial charge in [0.15, 0.2) is 0 Å². The molecule has 3 aromatic rings. The van der Waals surface area contributed by atoms with Crippen LogP contribution < -0.4 is 10.2 Å². The van der Waals surface area contributed by atoms with Gasteiger partial charge in [-0.3, -0.25) is 9.20 Å². The number of anilines is 2. The minimum atomic E-state index is -0.124. The molecule has 146 valence electrons. The highest BCUT2D eigenvalue weighted by Gasteiger charge is 2.19. The third kappa shape index (κ3) is 3.60. The molecule has 1 aromatic carbocycles. The minimum Gasteiger partial charge on any atom is -0.369 e. The summed E-state index contributed by atoms with van der Waals surface area (Å²) in [6, 6.07) is 12.1. The van der Waals surface area contributed by atoms with Crippen LogP contribution in [0.4, 0.5) is 11.4 Å². The zero-order valence-electron chi connectivity index (χ0n) is 16.8. The van der Waals surface area contributed by atoms with Gasteiger partial charge in [-0.15, -0.1) is 0 Å². The zero-order chi connectivity index (χ0) is 19.7. The summed E-state index contributed by atoms with van der Waals surface area (Å²) in [4.78, 5) is 22.3. The van der Waals surface area contributed by atoms with Gasteiger partial charge in [-0.25, -0.2) is 4.98 Å². The van der Waals surface area contributed by atoms with Gasteiger partial charge < -0.3 is 15.1 Å². The number of piperazine rings is 1. The molecule has 2 aromatic heterocycles. The Labute approximate surface area is 165 Å². The molecule has 1 saturated heterocycles. The van der Waals surface area contributed by atoms with Crippen molar-refractivity contribution in [2.45, 2.75) is 20.3 Å². The summed E-state index contributed by atoms with van der Waals surface area (Å²) in [5.41, 5.74) is 5.37. The number of nitrogens with zero attached hydrogens (tertiary/aromatic N) is 4. The molecular weight excluding hydrogens is 350 g/mol. The van der Waals surface area contributed by atoms with Gasteiger partial charge in [-0.1, -0.05) is 6.92 Å². The fourth-order valence-corrected chi connectivity index (χ4v) is 3.69. The number of hydrogen-bond donors (Lipinski definition) is 1. The molecule has 0 bridgehead atoms. The summed E-state index contributed by atoms with van der Waals surface area (Å²) in [5, 5.41) is 3.04. The number of pyridine rings is 1. The van der Waals surface area contributed by atoms with E-state index >= 15 is 0 Å². The first-order valence-corrected chi connectivity index (χ1v) is 9.87. The average molecular weight is 377 g/mol. The standard InChI is InChI=1S/C22H27N5O/c1-4-19-21(27-10-9-16(2)15-20(27)24-19)22(28)23-17-5-7-18(8-6-17)26-13-11-25(3)12-14-26/h5-10,15H,4,11-14H2,1-3H3,(H,23,28). The van der Waals surface area contributed by atoms with Gasteiger partial charge in [0.1, 0.15) is 11.3 Å². The maximum absolute atomic E-state index is 13.0. The summed E-state index contributed by atoms with van der Waals surface area (Å²) in [5.74, 6) is -0.124. The van der Waals surface area contributed by atoms with Gasteiger partial charge >= 0.3 is 0 Å². The Morgan fingerprint density at radius 2 is 1.82 bits per heavy atom. The van der Waals surface area contributed by atoms with Gasteiger partial charge in [0.05, 0.1) is 5.69 Å². The number of carbonyl (C=O) groups excluding carboxylic acids is 1. The number of rotatable bonds is 4. The molecule has 0 spiro atoms. The van der Waals surface area contributed by atoms with E-state index in [9.17, 15) is 4.79 Å². The van der Waals surface area contributed by atoms with Crippen molar-refractivity contribution >= 4 is 22.9 Å². The number of amides is 1. The number of imidazole rings is 1. The predicted molar refractivity (Wildman–Crippen MR) is 113 cm³/mol. The molecule has 1 fully saturated rings. The van der Waals surface area contributed by atoms with E-state index in [1.807, 2.05) is 48.7 Å². The number of carbonyl (C=O) groups is 1. The summed E-state index contributed by atoms with van der Waals surface area (Å²) in [6.45, 7) is 8.27. The molecular formula is C22H27N5O. The molecule has 1 aliphatic rings. The molecule has 0 atom stereocenters. The lowest BCUT2D eigenvalue weighted by atomic mass is 10.2. The van der Waals surface area contributed by atoms with Crippen LogP contribution in [0.5, 0.6) is 0 Å². The van der Waals surface area contributed by atoms with Crippen LogP contribution in [0.25, 0.3) is 5.65 Å². The quantitative estimate of drug-likeness (QED) is 0.759. The molecule has 0 saturated carbocycles. The van der Waals surface area contributed by atoms with Crippen LogP contribution in [0.2, 0.25) is 0 Å². The fourth-order valence-electron chi connectivity index (χ4n) is 3.69. The molecule has 0 radical (unpaired) electrons. The van der Waals surface area contributed by atoms with Gasteiger partial charge in [0.25, 0.3) is 5.91 Å². The topological polar surface area (TPSA) is 52.9 Å². The first-order chi connectivity index (χ1) is 13.5. The Hall–Kier alpha value is -2.86. The normalized spacial score (nSPS) is 15.2. The van der Waals surface area contributed by atoms with Gasteiger partial charge in [0, 0.05) is 43.8 Å². The van der Waals surface area contributed by atoms with Crippen LogP contribution in [0, 0.1) is 6.92 Å². The Morgan fingerprint density at radius 3 is 2.50 bits per heavy atom. The van der Waals surface area contributed by atoms with Crippen molar-refractivity contribution in [2.24, 2.45) is 0 Å². The summed E-state index contributed by atoms with van der Waals surface area (Å²) < 4.78 is 1.87. The van der Waals surface area contributed by atoms with Crippen molar-refractivity contribution < 1.29 is 4.79 Å². The highest BCUT2D eigenvalue weighted by atomic mass is 16.2. The van der Waals surface area contributed by atoms with Crippen molar-refractivity contribution in [3.63, 3.8) is 0 Å². The second-order valence-electron chi connectivity index (χ2n) is 7.48. The second kappa shape index (κ2) is 7.64. The van der Waals surface area contributed by atoms with Crippen LogP contribution in [-0.2, 0) is 6.42 Å². The highest BCUT2D eigenvalue weighted by molar-refractivity contribution is 6.04. The van der Waals surface area contributed by atoms with E-state index in [0.717, 1.165) is 48.8 Å². The Bertz CT molecular complexity index is 984. The van der Waals surface area contributed by atoms with Crippen molar-refractivity contribution in [1.29, 1.82) is 0 Å². The van der Waals surface area contributed by atoms with Gasteiger partial charge in [0.2, 0.25) is 0 Å². The average Bonchev–Trinajstić information content (AvgIpc) is 3.07. The maximum Gasteiger partial charge on any atom is 0.274 e. The van der Waals surface area contributed by atoms with E-state index in [1.165, 1.54) is 5.69 Å². The molecule has 1 amide bonds. The van der Waals surface area contributed by atoms with E-state index in [1.54, 1.807) is 0 Å². The number of nitrogens with one attached hydrogen (secondary N) is 1. The van der Waals surface area contributed by atoms with Crippen LogP contribution in [0.3, 0.4) is 0 Å². The summed E-state index contributed by atoms with van der Waals surface area (Å²) in [6.07, 6.45) is 2.63. The maximum atomic E-state index is 13.0. The van der Waals surface area contributed by atoms with Crippen LogP contribution in [0.1, 0.15) is 28.7 Å². The SMILES string of the molecule is CCc1nc2cc(C)ccn2c1C(=O)Nc1ccc(N2CCN(C)CC2)cc1. The molecule has 4 rings (SSSR count). The number of benzene rings is 1. The van der Waals surface area contributed by atoms with E-state index < -0.39 is 0 Å². The molecule has 3 heterocycles. The third-order valence-electron chi connectivity index (χ3n) is 5.40. The number of likely N-dealkylation sites (N-methyl/N-ethyl adjacent to an activating group) is 1. The Morgan fingerprint density at radius 1 is 1.11 bits per heavy atom. The lowest BCUT2D eigenvalue weighted by Gasteiger charge is -2.34. The zero-order valence-corrected chi connectivity index (χ0v) is 16.8. The number of hydrogen-bond acceptors (Lipinski definition) is 4. The highest BCUT2D eigenvalue weighted by Crippen LogP contribution is 2.21. The smallest absolute Gasteiger partial charge is 0.274 e. The first-order valence-electron chi connectivity index (χ1n) is 9.87. The fraction of sp³-hybridized carbons (Fsp3) is 0.364. The molecule has 1 aliphatic heterocycles.